The number of nitrogens with two attached hydrogens (primary N) is 1. The molecule has 2 aromatic rings. The van der Waals surface area contributed by atoms with Crippen LogP contribution in [0.5, 0.6) is 0 Å². The number of hydrogen-bond donors (Lipinski definition) is 1. The van der Waals surface area contributed by atoms with Crippen LogP contribution in [0.4, 0.5) is 10.3 Å². The largest absolute Gasteiger partial charge is 0.368 e. The van der Waals surface area contributed by atoms with E-state index < -0.39 is 11.7 Å². The Morgan fingerprint density at radius 3 is 2.87 bits per heavy atom. The molecular formula is C9H7FN4O. The summed E-state index contributed by atoms with van der Waals surface area (Å²) < 4.78 is 13.9. The smallest absolute Gasteiger partial charge is 0.266 e. The lowest BCUT2D eigenvalue weighted by molar-refractivity contribution is 0.0961. The summed E-state index contributed by atoms with van der Waals surface area (Å²) in [5.41, 5.74) is 5.59. The molecule has 2 N–H and O–H groups in total. The molecule has 0 bridgehead atoms. The van der Waals surface area contributed by atoms with Crippen LogP contribution in [-0.2, 0) is 0 Å². The Morgan fingerprint density at radius 2 is 2.27 bits per heavy atom. The molecule has 0 spiro atoms. The second kappa shape index (κ2) is 3.49. The fraction of sp³-hybridized carbons (Fsp3) is 0. The van der Waals surface area contributed by atoms with E-state index >= 15 is 0 Å². The Labute approximate surface area is 84.3 Å². The van der Waals surface area contributed by atoms with Crippen LogP contribution in [0.15, 0.2) is 30.6 Å². The van der Waals surface area contributed by atoms with Crippen molar-refractivity contribution in [2.45, 2.75) is 0 Å². The topological polar surface area (TPSA) is 73.8 Å². The minimum absolute atomic E-state index is 0.0238. The first-order valence-corrected chi connectivity index (χ1v) is 4.14. The molecule has 15 heavy (non-hydrogen) atoms. The average molecular weight is 206 g/mol. The zero-order chi connectivity index (χ0) is 10.8. The van der Waals surface area contributed by atoms with E-state index in [0.717, 1.165) is 10.6 Å². The molecule has 0 aliphatic heterocycles. The third-order valence-electron chi connectivity index (χ3n) is 1.86. The molecule has 1 aromatic heterocycles. The Balaban J connectivity index is 2.41. The van der Waals surface area contributed by atoms with Crippen molar-refractivity contribution in [1.29, 1.82) is 0 Å². The number of nitrogens with zero attached hydrogens (tertiary/aromatic N) is 3. The molecule has 0 aliphatic carbocycles. The molecular weight excluding hydrogens is 199 g/mol. The summed E-state index contributed by atoms with van der Waals surface area (Å²) in [5.74, 6) is -0.964. The SMILES string of the molecule is Nc1nncn1C(=O)c1cccc(F)c1. The second-order valence-corrected chi connectivity index (χ2v) is 2.87. The van der Waals surface area contributed by atoms with E-state index in [-0.39, 0.29) is 11.5 Å². The summed E-state index contributed by atoms with van der Waals surface area (Å²) in [5, 5.41) is 6.93. The highest BCUT2D eigenvalue weighted by Gasteiger charge is 2.12. The first-order chi connectivity index (χ1) is 7.18. The van der Waals surface area contributed by atoms with E-state index in [1.54, 1.807) is 0 Å². The van der Waals surface area contributed by atoms with Gasteiger partial charge in [0, 0.05) is 5.56 Å². The van der Waals surface area contributed by atoms with Gasteiger partial charge in [-0.3, -0.25) is 4.79 Å². The summed E-state index contributed by atoms with van der Waals surface area (Å²) >= 11 is 0. The monoisotopic (exact) mass is 206 g/mol. The summed E-state index contributed by atoms with van der Waals surface area (Å²) in [6.07, 6.45) is 1.18. The lowest BCUT2D eigenvalue weighted by Gasteiger charge is -2.01. The molecule has 1 aromatic carbocycles. The van der Waals surface area contributed by atoms with Gasteiger partial charge in [-0.05, 0) is 18.2 Å². The van der Waals surface area contributed by atoms with Gasteiger partial charge < -0.3 is 5.73 Å². The number of benzene rings is 1. The lowest BCUT2D eigenvalue weighted by Crippen LogP contribution is -2.13. The highest BCUT2D eigenvalue weighted by molar-refractivity contribution is 5.97. The molecule has 1 heterocycles. The first-order valence-electron chi connectivity index (χ1n) is 4.14. The predicted octanol–water partition coefficient (Wildman–Crippen LogP) is 0.688. The van der Waals surface area contributed by atoms with Crippen molar-refractivity contribution < 1.29 is 9.18 Å². The van der Waals surface area contributed by atoms with Crippen molar-refractivity contribution in [3.63, 3.8) is 0 Å². The number of nitrogen functional groups attached to an aromatic ring is 1. The van der Waals surface area contributed by atoms with Gasteiger partial charge in [0.1, 0.15) is 12.1 Å². The number of halogens is 1. The summed E-state index contributed by atoms with van der Waals surface area (Å²) in [6, 6.07) is 5.32. The molecule has 0 atom stereocenters. The molecule has 2 rings (SSSR count). The van der Waals surface area contributed by atoms with Crippen LogP contribution in [0.3, 0.4) is 0 Å². The van der Waals surface area contributed by atoms with Crippen molar-refractivity contribution in [1.82, 2.24) is 14.8 Å². The molecule has 0 amide bonds. The summed E-state index contributed by atoms with van der Waals surface area (Å²) in [6.45, 7) is 0. The number of carbonyl (C=O) groups excluding carboxylic acids is 1. The Morgan fingerprint density at radius 1 is 1.47 bits per heavy atom. The Kier molecular flexibility index (Phi) is 2.17. The third kappa shape index (κ3) is 1.69. The maximum atomic E-state index is 12.8. The van der Waals surface area contributed by atoms with Crippen molar-refractivity contribution in [2.24, 2.45) is 0 Å². The van der Waals surface area contributed by atoms with Gasteiger partial charge >= 0.3 is 0 Å². The van der Waals surface area contributed by atoms with E-state index in [9.17, 15) is 9.18 Å². The fourth-order valence-corrected chi connectivity index (χ4v) is 1.16. The van der Waals surface area contributed by atoms with Crippen molar-refractivity contribution in [3.05, 3.63) is 42.0 Å². The van der Waals surface area contributed by atoms with E-state index in [0.29, 0.717) is 0 Å². The van der Waals surface area contributed by atoms with Gasteiger partial charge in [0.05, 0.1) is 0 Å². The number of hydrogen-bond acceptors (Lipinski definition) is 4. The minimum atomic E-state index is -0.479. The van der Waals surface area contributed by atoms with Crippen LogP contribution in [0, 0.1) is 5.82 Å². The third-order valence-corrected chi connectivity index (χ3v) is 1.86. The molecule has 6 heteroatoms. The average Bonchev–Trinajstić information content (AvgIpc) is 2.63. The molecule has 0 saturated heterocycles. The molecule has 76 valence electrons. The zero-order valence-corrected chi connectivity index (χ0v) is 7.59. The van der Waals surface area contributed by atoms with Crippen LogP contribution >= 0.6 is 0 Å². The first kappa shape index (κ1) is 9.32. The normalized spacial score (nSPS) is 10.2. The minimum Gasteiger partial charge on any atom is -0.368 e. The van der Waals surface area contributed by atoms with Gasteiger partial charge in [0.15, 0.2) is 0 Å². The second-order valence-electron chi connectivity index (χ2n) is 2.87. The van der Waals surface area contributed by atoms with Crippen molar-refractivity contribution in [3.8, 4) is 0 Å². The van der Waals surface area contributed by atoms with Crippen LogP contribution in [0.1, 0.15) is 10.4 Å². The molecule has 5 nitrogen and oxygen atoms in total. The maximum Gasteiger partial charge on any atom is 0.266 e. The maximum absolute atomic E-state index is 12.8. The van der Waals surface area contributed by atoms with Gasteiger partial charge in [0.25, 0.3) is 5.91 Å². The molecule has 0 fully saturated rings. The Hall–Kier alpha value is -2.24. The lowest BCUT2D eigenvalue weighted by atomic mass is 10.2. The predicted molar refractivity (Wildman–Crippen MR) is 50.6 cm³/mol. The van der Waals surface area contributed by atoms with Gasteiger partial charge in [-0.15, -0.1) is 10.2 Å². The van der Waals surface area contributed by atoms with Gasteiger partial charge in [-0.2, -0.15) is 0 Å². The van der Waals surface area contributed by atoms with Crippen LogP contribution in [0.2, 0.25) is 0 Å². The van der Waals surface area contributed by atoms with E-state index in [1.165, 1.54) is 24.5 Å². The standard InChI is InChI=1S/C9H7FN4O/c10-7-3-1-2-6(4-7)8(15)14-5-12-13-9(14)11/h1-5H,(H2,11,13). The van der Waals surface area contributed by atoms with E-state index in [4.69, 9.17) is 5.73 Å². The highest BCUT2D eigenvalue weighted by Crippen LogP contribution is 2.07. The summed E-state index contributed by atoms with van der Waals surface area (Å²) in [7, 11) is 0. The van der Waals surface area contributed by atoms with Crippen LogP contribution in [-0.4, -0.2) is 20.7 Å². The molecule has 0 aliphatic rings. The number of anilines is 1. The highest BCUT2D eigenvalue weighted by atomic mass is 19.1. The zero-order valence-electron chi connectivity index (χ0n) is 7.59. The van der Waals surface area contributed by atoms with Crippen LogP contribution in [0.25, 0.3) is 0 Å². The molecule has 0 unspecified atom stereocenters. The molecule has 0 radical (unpaired) electrons. The van der Waals surface area contributed by atoms with Crippen LogP contribution < -0.4 is 5.73 Å². The quantitative estimate of drug-likeness (QED) is 0.744. The molecule has 0 saturated carbocycles. The van der Waals surface area contributed by atoms with Crippen molar-refractivity contribution >= 4 is 11.9 Å². The van der Waals surface area contributed by atoms with E-state index in [2.05, 4.69) is 10.2 Å². The van der Waals surface area contributed by atoms with Crippen molar-refractivity contribution in [2.75, 3.05) is 5.73 Å². The fourth-order valence-electron chi connectivity index (χ4n) is 1.16. The van der Waals surface area contributed by atoms with E-state index in [1.807, 2.05) is 0 Å². The Bertz CT molecular complexity index is 508. The number of carbonyl (C=O) groups is 1. The summed E-state index contributed by atoms with van der Waals surface area (Å²) in [4.78, 5) is 11.7. The van der Waals surface area contributed by atoms with Gasteiger partial charge in [-0.1, -0.05) is 6.07 Å². The van der Waals surface area contributed by atoms with Gasteiger partial charge in [-0.25, -0.2) is 8.96 Å². The van der Waals surface area contributed by atoms with Gasteiger partial charge in [0.2, 0.25) is 5.95 Å². The number of rotatable bonds is 1. The number of aromatic nitrogens is 3.